The molecule has 0 amide bonds. The van der Waals surface area contributed by atoms with Crippen LogP contribution < -0.4 is 0 Å². The first kappa shape index (κ1) is 12.1. The molecule has 1 atom stereocenters. The summed E-state index contributed by atoms with van der Waals surface area (Å²) in [5, 5.41) is 9.30. The summed E-state index contributed by atoms with van der Waals surface area (Å²) in [6.07, 6.45) is 2.05. The van der Waals surface area contributed by atoms with E-state index in [9.17, 15) is 14.3 Å². The fourth-order valence-corrected chi connectivity index (χ4v) is 2.62. The Morgan fingerprint density at radius 3 is 2.29 bits per heavy atom. The maximum Gasteiger partial charge on any atom is 0.310 e. The van der Waals surface area contributed by atoms with E-state index in [0.717, 1.165) is 12.0 Å². The molecular formula is C14H17FO2. The zero-order valence-corrected chi connectivity index (χ0v) is 10.2. The Bertz CT molecular complexity index is 436. The minimum Gasteiger partial charge on any atom is -0.481 e. The number of aliphatic carboxylic acids is 1. The molecule has 1 aromatic rings. The predicted octanol–water partition coefficient (Wildman–Crippen LogP) is 3.26. The van der Waals surface area contributed by atoms with E-state index >= 15 is 0 Å². The van der Waals surface area contributed by atoms with Crippen LogP contribution in [-0.4, -0.2) is 11.1 Å². The van der Waals surface area contributed by atoms with Gasteiger partial charge in [-0.25, -0.2) is 4.39 Å². The van der Waals surface area contributed by atoms with Gasteiger partial charge in [0.1, 0.15) is 5.82 Å². The minimum atomic E-state index is -0.704. The molecule has 17 heavy (non-hydrogen) atoms. The van der Waals surface area contributed by atoms with Gasteiger partial charge in [0.15, 0.2) is 0 Å². The van der Waals surface area contributed by atoms with Crippen molar-refractivity contribution in [3.63, 3.8) is 0 Å². The van der Waals surface area contributed by atoms with Gasteiger partial charge in [0.25, 0.3) is 0 Å². The lowest BCUT2D eigenvalue weighted by atomic mass is 9.89. The first-order chi connectivity index (χ1) is 7.87. The fraction of sp³-hybridized carbons (Fsp3) is 0.500. The highest BCUT2D eigenvalue weighted by molar-refractivity contribution is 5.79. The first-order valence-electron chi connectivity index (χ1n) is 5.85. The number of halogens is 1. The zero-order chi connectivity index (χ0) is 12.7. The number of carboxylic acid groups (broad SMARTS) is 1. The largest absolute Gasteiger partial charge is 0.481 e. The molecule has 0 heterocycles. The van der Waals surface area contributed by atoms with Crippen LogP contribution in [0.3, 0.4) is 0 Å². The standard InChI is InChI=1S/C14H17FO2/c1-13(2)9-14(13,12(16)17)8-7-10-3-5-11(15)6-4-10/h3-6H,7-9H2,1-2H3,(H,16,17). The zero-order valence-electron chi connectivity index (χ0n) is 10.2. The second kappa shape index (κ2) is 3.83. The molecule has 1 aromatic carbocycles. The van der Waals surface area contributed by atoms with Gasteiger partial charge in [-0.2, -0.15) is 0 Å². The van der Waals surface area contributed by atoms with Crippen LogP contribution in [0.1, 0.15) is 32.3 Å². The summed E-state index contributed by atoms with van der Waals surface area (Å²) in [6.45, 7) is 3.98. The molecule has 1 unspecified atom stereocenters. The van der Waals surface area contributed by atoms with Crippen LogP contribution >= 0.6 is 0 Å². The Balaban J connectivity index is 2.03. The Morgan fingerprint density at radius 2 is 1.88 bits per heavy atom. The molecule has 3 heteroatoms. The lowest BCUT2D eigenvalue weighted by Gasteiger charge is -2.15. The minimum absolute atomic E-state index is 0.112. The SMILES string of the molecule is CC1(C)CC1(CCc1ccc(F)cc1)C(=O)O. The molecule has 1 aliphatic rings. The maximum absolute atomic E-state index is 12.7. The average Bonchev–Trinajstić information content (AvgIpc) is 2.82. The number of carbonyl (C=O) groups is 1. The summed E-state index contributed by atoms with van der Waals surface area (Å²) >= 11 is 0. The highest BCUT2D eigenvalue weighted by Crippen LogP contribution is 2.65. The van der Waals surface area contributed by atoms with Crippen molar-refractivity contribution >= 4 is 5.97 Å². The molecular weight excluding hydrogens is 219 g/mol. The van der Waals surface area contributed by atoms with E-state index < -0.39 is 11.4 Å². The van der Waals surface area contributed by atoms with E-state index in [1.54, 1.807) is 12.1 Å². The monoisotopic (exact) mass is 236 g/mol. The lowest BCUT2D eigenvalue weighted by Crippen LogP contribution is -2.21. The van der Waals surface area contributed by atoms with Crippen LogP contribution in [0.5, 0.6) is 0 Å². The van der Waals surface area contributed by atoms with E-state index in [1.807, 2.05) is 13.8 Å². The predicted molar refractivity (Wildman–Crippen MR) is 63.2 cm³/mol. The number of benzene rings is 1. The first-order valence-corrected chi connectivity index (χ1v) is 5.85. The number of carboxylic acids is 1. The van der Waals surface area contributed by atoms with Crippen LogP contribution in [0.4, 0.5) is 4.39 Å². The van der Waals surface area contributed by atoms with E-state index in [1.165, 1.54) is 12.1 Å². The molecule has 1 aliphatic carbocycles. The van der Waals surface area contributed by atoms with Crippen molar-refractivity contribution in [2.75, 3.05) is 0 Å². The molecule has 2 nitrogen and oxygen atoms in total. The number of rotatable bonds is 4. The van der Waals surface area contributed by atoms with Crippen molar-refractivity contribution in [2.45, 2.75) is 33.1 Å². The van der Waals surface area contributed by atoms with Gasteiger partial charge in [-0.1, -0.05) is 26.0 Å². The van der Waals surface area contributed by atoms with Crippen molar-refractivity contribution in [3.8, 4) is 0 Å². The third kappa shape index (κ3) is 2.06. The normalized spacial score (nSPS) is 25.6. The topological polar surface area (TPSA) is 37.3 Å². The molecule has 0 aliphatic heterocycles. The van der Waals surface area contributed by atoms with Gasteiger partial charge in [-0.15, -0.1) is 0 Å². The molecule has 2 rings (SSSR count). The smallest absolute Gasteiger partial charge is 0.310 e. The van der Waals surface area contributed by atoms with Gasteiger partial charge in [-0.05, 0) is 42.4 Å². The van der Waals surface area contributed by atoms with Crippen molar-refractivity contribution in [3.05, 3.63) is 35.6 Å². The number of hydrogen-bond acceptors (Lipinski definition) is 1. The van der Waals surface area contributed by atoms with Crippen molar-refractivity contribution in [1.82, 2.24) is 0 Å². The second-order valence-electron chi connectivity index (χ2n) is 5.57. The Hall–Kier alpha value is -1.38. The van der Waals surface area contributed by atoms with E-state index in [4.69, 9.17) is 0 Å². The van der Waals surface area contributed by atoms with Crippen molar-refractivity contribution in [1.29, 1.82) is 0 Å². The van der Waals surface area contributed by atoms with E-state index in [2.05, 4.69) is 0 Å². The van der Waals surface area contributed by atoms with Gasteiger partial charge in [0.05, 0.1) is 5.41 Å². The highest BCUT2D eigenvalue weighted by Gasteiger charge is 2.65. The van der Waals surface area contributed by atoms with Gasteiger partial charge in [0.2, 0.25) is 0 Å². The summed E-state index contributed by atoms with van der Waals surface area (Å²) in [5.41, 5.74) is 0.301. The average molecular weight is 236 g/mol. The molecule has 0 spiro atoms. The third-order valence-corrected chi connectivity index (χ3v) is 4.08. The van der Waals surface area contributed by atoms with Crippen molar-refractivity contribution in [2.24, 2.45) is 10.8 Å². The van der Waals surface area contributed by atoms with Crippen LogP contribution in [-0.2, 0) is 11.2 Å². The Morgan fingerprint density at radius 1 is 1.35 bits per heavy atom. The molecule has 1 N–H and O–H groups in total. The molecule has 1 fully saturated rings. The molecule has 92 valence electrons. The molecule has 1 saturated carbocycles. The van der Waals surface area contributed by atoms with Gasteiger partial charge in [-0.3, -0.25) is 4.79 Å². The second-order valence-corrected chi connectivity index (χ2v) is 5.57. The summed E-state index contributed by atoms with van der Waals surface area (Å²) < 4.78 is 12.7. The van der Waals surface area contributed by atoms with E-state index in [0.29, 0.717) is 12.8 Å². The summed E-state index contributed by atoms with van der Waals surface area (Å²) in [7, 11) is 0. The highest BCUT2D eigenvalue weighted by atomic mass is 19.1. The van der Waals surface area contributed by atoms with Crippen LogP contribution in [0, 0.1) is 16.6 Å². The Labute approximate surface area is 100 Å². The maximum atomic E-state index is 12.7. The summed E-state index contributed by atoms with van der Waals surface area (Å²) in [4.78, 5) is 11.3. The lowest BCUT2D eigenvalue weighted by molar-refractivity contribution is -0.145. The quantitative estimate of drug-likeness (QED) is 0.871. The van der Waals surface area contributed by atoms with Gasteiger partial charge >= 0.3 is 5.97 Å². The van der Waals surface area contributed by atoms with Crippen LogP contribution in [0.25, 0.3) is 0 Å². The summed E-state index contributed by atoms with van der Waals surface area (Å²) in [5.74, 6) is -0.960. The molecule has 0 saturated heterocycles. The van der Waals surface area contributed by atoms with Gasteiger partial charge in [0, 0.05) is 0 Å². The van der Waals surface area contributed by atoms with Crippen molar-refractivity contribution < 1.29 is 14.3 Å². The summed E-state index contributed by atoms with van der Waals surface area (Å²) in [6, 6.07) is 6.28. The van der Waals surface area contributed by atoms with E-state index in [-0.39, 0.29) is 11.2 Å². The molecule has 0 bridgehead atoms. The number of aryl methyl sites for hydroxylation is 1. The molecule has 0 radical (unpaired) electrons. The van der Waals surface area contributed by atoms with Gasteiger partial charge < -0.3 is 5.11 Å². The third-order valence-electron chi connectivity index (χ3n) is 4.08. The Kier molecular flexibility index (Phi) is 2.72. The number of hydrogen-bond donors (Lipinski definition) is 1. The van der Waals surface area contributed by atoms with Crippen LogP contribution in [0.2, 0.25) is 0 Å². The molecule has 0 aromatic heterocycles. The fourth-order valence-electron chi connectivity index (χ4n) is 2.62. The van der Waals surface area contributed by atoms with Crippen LogP contribution in [0.15, 0.2) is 24.3 Å².